The van der Waals surface area contributed by atoms with Crippen LogP contribution in [0.1, 0.15) is 83.3 Å². The van der Waals surface area contributed by atoms with E-state index >= 15 is 0 Å². The van der Waals surface area contributed by atoms with Gasteiger partial charge in [-0.1, -0.05) is 79.5 Å². The third-order valence-corrected chi connectivity index (χ3v) is 13.3. The number of anilines is 4. The summed E-state index contributed by atoms with van der Waals surface area (Å²) >= 11 is 22.7. The molecule has 2 amide bonds. The second kappa shape index (κ2) is 33.5. The Morgan fingerprint density at radius 1 is 0.871 bits per heavy atom. The normalized spacial score (nSPS) is 13.2. The number of methoxy groups -OCH3 is 2. The number of hydrogen-bond acceptors (Lipinski definition) is 15. The summed E-state index contributed by atoms with van der Waals surface area (Å²) < 4.78 is 67.2. The minimum Gasteiger partial charge on any atom is -0.489 e. The molecule has 3 atom stereocenters. The maximum absolute atomic E-state index is 13.1. The lowest BCUT2D eigenvalue weighted by Crippen LogP contribution is -2.47. The van der Waals surface area contributed by atoms with Crippen LogP contribution in [0.5, 0.6) is 17.2 Å². The van der Waals surface area contributed by atoms with Gasteiger partial charge in [0.25, 0.3) is 11.5 Å². The topological polar surface area (TPSA) is 211 Å². The zero-order valence-electron chi connectivity index (χ0n) is 49.4. The average molecular weight is 1270 g/mol. The number of ether oxygens (including phenoxy) is 5. The van der Waals surface area contributed by atoms with Crippen molar-refractivity contribution in [1.29, 1.82) is 0 Å². The lowest BCUT2D eigenvalue weighted by atomic mass is 10.0. The first-order valence-corrected chi connectivity index (χ1v) is 28.7. The van der Waals surface area contributed by atoms with Crippen LogP contribution >= 0.6 is 46.4 Å². The van der Waals surface area contributed by atoms with Crippen molar-refractivity contribution in [1.82, 2.24) is 24.1 Å². The van der Waals surface area contributed by atoms with Crippen LogP contribution in [0, 0.1) is 6.92 Å². The van der Waals surface area contributed by atoms with Gasteiger partial charge in [-0.3, -0.25) is 19.0 Å². The largest absolute Gasteiger partial charge is 0.489 e. The number of carbonyl (C=O) groups excluding carboxylic acids is 3. The molecule has 0 aliphatic carbocycles. The highest BCUT2D eigenvalue weighted by molar-refractivity contribution is 6.54. The number of para-hydroxylation sites is 3. The van der Waals surface area contributed by atoms with Crippen LogP contribution < -0.4 is 45.9 Å². The number of nitrogens with zero attached hydrogens (tertiary/aromatic N) is 7. The van der Waals surface area contributed by atoms with Crippen LogP contribution in [0.15, 0.2) is 101 Å². The quantitative estimate of drug-likeness (QED) is 0.0571. The predicted octanol–water partition coefficient (Wildman–Crippen LogP) is 11.2. The first-order valence-electron chi connectivity index (χ1n) is 26.9. The Balaban J connectivity index is 0.000000265. The van der Waals surface area contributed by atoms with E-state index in [9.17, 15) is 37.1 Å². The van der Waals surface area contributed by atoms with E-state index in [4.69, 9.17) is 70.1 Å². The molecule has 85 heavy (non-hydrogen) atoms. The third kappa shape index (κ3) is 20.0. The van der Waals surface area contributed by atoms with Crippen LogP contribution in [0.2, 0.25) is 5.28 Å². The summed E-state index contributed by atoms with van der Waals surface area (Å²) in [5, 5.41) is 6.23. The van der Waals surface area contributed by atoms with Crippen molar-refractivity contribution in [2.24, 2.45) is 7.05 Å². The van der Waals surface area contributed by atoms with E-state index in [0.717, 1.165) is 54.5 Å². The van der Waals surface area contributed by atoms with Gasteiger partial charge in [0.05, 0.1) is 42.9 Å². The van der Waals surface area contributed by atoms with E-state index in [2.05, 4.69) is 38.6 Å². The Bertz CT molecular complexity index is 3300. The lowest BCUT2D eigenvalue weighted by molar-refractivity contribution is -0.148. The number of alkyl halides is 6. The van der Waals surface area contributed by atoms with Crippen LogP contribution in [0.4, 0.5) is 36.4 Å². The number of hydrogen-bond donors (Lipinski definition) is 2. The summed E-state index contributed by atoms with van der Waals surface area (Å²) in [6.07, 6.45) is -4.03. The van der Waals surface area contributed by atoms with Crippen molar-refractivity contribution in [3.63, 3.8) is 0 Å². The summed E-state index contributed by atoms with van der Waals surface area (Å²) in [4.78, 5) is 74.9. The molecule has 462 valence electrons. The van der Waals surface area contributed by atoms with Crippen molar-refractivity contribution in [3.8, 4) is 22.9 Å². The molecular formula is C59H72Cl4F3N9O10. The molecule has 0 spiro atoms. The minimum atomic E-state index is -4.84. The number of nitrogens with one attached hydrogen (secondary N) is 2. The van der Waals surface area contributed by atoms with E-state index in [1.165, 1.54) is 31.4 Å². The number of halogens is 7. The maximum atomic E-state index is 13.1. The Morgan fingerprint density at radius 3 is 2.13 bits per heavy atom. The molecule has 7 rings (SSSR count). The highest BCUT2D eigenvalue weighted by atomic mass is 35.5. The Labute approximate surface area is 512 Å². The fraction of sp³-hybridized carbons (Fsp3) is 0.424. The van der Waals surface area contributed by atoms with Gasteiger partial charge in [0, 0.05) is 38.4 Å². The Kier molecular flexibility index (Phi) is 27.8. The van der Waals surface area contributed by atoms with Crippen LogP contribution in [0.3, 0.4) is 0 Å². The van der Waals surface area contributed by atoms with E-state index < -0.39 is 40.0 Å². The number of rotatable bonds is 19. The zero-order chi connectivity index (χ0) is 63.3. The molecule has 0 radical (unpaired) electrons. The molecule has 2 N–H and O–H groups in total. The minimum absolute atomic E-state index is 0.0223. The van der Waals surface area contributed by atoms with E-state index in [1.54, 1.807) is 23.8 Å². The molecule has 6 aromatic rings. The first-order chi connectivity index (χ1) is 40.2. The molecule has 0 fully saturated rings. The van der Waals surface area contributed by atoms with Crippen LogP contribution in [-0.2, 0) is 56.5 Å². The van der Waals surface area contributed by atoms with Gasteiger partial charge in [-0.25, -0.2) is 14.2 Å². The molecule has 2 aromatic heterocycles. The number of aryl methyl sites for hydroxylation is 3. The fourth-order valence-electron chi connectivity index (χ4n) is 8.41. The average Bonchev–Trinajstić information content (AvgIpc) is 3.67. The highest BCUT2D eigenvalue weighted by Crippen LogP contribution is 2.35. The predicted molar refractivity (Wildman–Crippen MR) is 327 cm³/mol. The van der Waals surface area contributed by atoms with Gasteiger partial charge in [-0.2, -0.15) is 28.1 Å². The summed E-state index contributed by atoms with van der Waals surface area (Å²) in [5.41, 5.74) is 2.13. The molecule has 0 bridgehead atoms. The number of esters is 1. The fourth-order valence-corrected chi connectivity index (χ4v) is 8.91. The summed E-state index contributed by atoms with van der Waals surface area (Å²) in [7, 11) is 3.86. The van der Waals surface area contributed by atoms with Gasteiger partial charge in [-0.15, -0.1) is 11.6 Å². The molecular weight excluding hydrogens is 1190 g/mol. The monoisotopic (exact) mass is 1260 g/mol. The molecule has 0 saturated carbocycles. The van der Waals surface area contributed by atoms with Gasteiger partial charge in [0.2, 0.25) is 23.1 Å². The molecule has 4 aromatic carbocycles. The van der Waals surface area contributed by atoms with Gasteiger partial charge in [0.1, 0.15) is 42.0 Å². The molecule has 3 heterocycles. The molecule has 1 aliphatic rings. The van der Waals surface area contributed by atoms with Crippen molar-refractivity contribution in [2.75, 3.05) is 60.3 Å². The Hall–Kier alpha value is -7.11. The summed E-state index contributed by atoms with van der Waals surface area (Å²) in [6.45, 7) is 19.3. The zero-order valence-corrected chi connectivity index (χ0v) is 52.4. The smallest absolute Gasteiger partial charge is 0.431 e. The van der Waals surface area contributed by atoms with E-state index in [-0.39, 0.29) is 53.4 Å². The SMILES string of the molecule is CC1COc2ccccc2N1C(=O)C(Cl)Cl.CCNc1nc(Cl)nc(NC(C)C)n1.CCc1ccc(COc2ccc(-n3c(=O)cc(C(F)(F)F)n(C)c3=O)cc2)c(OC(C)C(=O)OC)c1.CCc1cccc(C)c1N(C(=O)CCl)C(C)COC. The van der Waals surface area contributed by atoms with E-state index in [0.29, 0.717) is 63.1 Å². The number of fused-ring (bicyclic) bond motifs is 1. The van der Waals surface area contributed by atoms with Crippen molar-refractivity contribution < 1.29 is 51.2 Å². The molecule has 0 saturated heterocycles. The number of amides is 2. The number of aromatic nitrogens is 5. The Morgan fingerprint density at radius 2 is 1.54 bits per heavy atom. The first kappa shape index (κ1) is 70.4. The standard InChI is InChI=1S/C25H25F3N2O6.C15H22ClNO2.C11H11Cl2NO2.C8H14ClN5/c1-5-16-6-7-17(20(12-16)36-15(2)23(32)34-4)14-35-19-10-8-18(9-11-19)30-22(31)13-21(25(26,27)28)29(3)24(30)33;1-5-13-8-6-7-11(2)15(13)17(14(18)9-16)12(3)10-19-4;1-7-6-16-9-5-3-2-4-8(9)14(7)11(15)10(12)13;1-4-10-7-12-6(9)13-8(14-7)11-5(2)3/h6-13,15H,5,14H2,1-4H3;6-8,12H,5,9-10H2,1-4H3;2-5,7,10H,6H2,1H3;5H,4H2,1-3H3,(H2,10,11,12,13,14). The maximum Gasteiger partial charge on any atom is 0.431 e. The second-order valence-corrected chi connectivity index (χ2v) is 21.0. The van der Waals surface area contributed by atoms with E-state index in [1.807, 2.05) is 103 Å². The van der Waals surface area contributed by atoms with Crippen molar-refractivity contribution in [3.05, 3.63) is 145 Å². The van der Waals surface area contributed by atoms with Crippen LogP contribution in [-0.4, -0.2) is 111 Å². The van der Waals surface area contributed by atoms with Crippen LogP contribution in [0.25, 0.3) is 5.69 Å². The van der Waals surface area contributed by atoms with Crippen molar-refractivity contribution in [2.45, 2.75) is 117 Å². The second-order valence-electron chi connectivity index (χ2n) is 19.3. The summed E-state index contributed by atoms with van der Waals surface area (Å²) in [6, 6.07) is 25.2. The third-order valence-electron chi connectivity index (χ3n) is 12.5. The number of carbonyl (C=O) groups is 3. The molecule has 26 heteroatoms. The van der Waals surface area contributed by atoms with Gasteiger partial charge < -0.3 is 44.1 Å². The van der Waals surface area contributed by atoms with Gasteiger partial charge in [0.15, 0.2) is 10.9 Å². The highest BCUT2D eigenvalue weighted by Gasteiger charge is 2.35. The summed E-state index contributed by atoms with van der Waals surface area (Å²) in [5.74, 6) is 1.57. The lowest BCUT2D eigenvalue weighted by Gasteiger charge is -2.35. The van der Waals surface area contributed by atoms with Gasteiger partial charge >= 0.3 is 17.8 Å². The van der Waals surface area contributed by atoms with Gasteiger partial charge in [-0.05, 0) is 132 Å². The molecule has 1 aliphatic heterocycles. The molecule has 19 nitrogen and oxygen atoms in total. The van der Waals surface area contributed by atoms with Crippen molar-refractivity contribution >= 4 is 87.5 Å². The molecule has 3 unspecified atom stereocenters. The number of benzene rings is 4.